The fourth-order valence-corrected chi connectivity index (χ4v) is 3.35. The van der Waals surface area contributed by atoms with E-state index in [-0.39, 0.29) is 0 Å². The van der Waals surface area contributed by atoms with Gasteiger partial charge in [-0.2, -0.15) is 0 Å². The molecule has 0 amide bonds. The van der Waals surface area contributed by atoms with E-state index in [0.717, 1.165) is 11.3 Å². The molecule has 3 aromatic rings. The number of hydrogen-bond donors (Lipinski definition) is 1. The van der Waals surface area contributed by atoms with Crippen LogP contribution in [0.15, 0.2) is 48.5 Å². The number of aryl methyl sites for hydroxylation is 1. The van der Waals surface area contributed by atoms with Gasteiger partial charge in [-0.1, -0.05) is 13.0 Å². The summed E-state index contributed by atoms with van der Waals surface area (Å²) in [5.41, 5.74) is 1.48. The molecule has 3 rings (SSSR count). The number of carboxylic acid groups (broad SMARTS) is 1. The molecule has 0 fully saturated rings. The summed E-state index contributed by atoms with van der Waals surface area (Å²) in [6, 6.07) is 14.8. The van der Waals surface area contributed by atoms with Gasteiger partial charge in [0.2, 0.25) is 0 Å². The van der Waals surface area contributed by atoms with Crippen LogP contribution >= 0.6 is 11.3 Å². The van der Waals surface area contributed by atoms with Crippen LogP contribution in [0, 0.1) is 0 Å². The second-order valence-electron chi connectivity index (χ2n) is 5.26. The molecule has 0 spiro atoms. The first-order chi connectivity index (χ1) is 12.1. The van der Waals surface area contributed by atoms with Crippen molar-refractivity contribution >= 4 is 17.3 Å². The summed E-state index contributed by atoms with van der Waals surface area (Å²) in [7, 11) is 1.61. The van der Waals surface area contributed by atoms with Crippen molar-refractivity contribution in [1.82, 2.24) is 4.98 Å². The average Bonchev–Trinajstić information content (AvgIpc) is 3.07. The van der Waals surface area contributed by atoms with Gasteiger partial charge in [-0.25, -0.2) is 9.78 Å². The van der Waals surface area contributed by atoms with Gasteiger partial charge in [0.05, 0.1) is 12.8 Å². The molecule has 0 aliphatic rings. The zero-order chi connectivity index (χ0) is 17.8. The molecule has 128 valence electrons. The number of benzene rings is 2. The fraction of sp³-hybridized carbons (Fsp3) is 0.158. The summed E-state index contributed by atoms with van der Waals surface area (Å²) < 4.78 is 11.0. The topological polar surface area (TPSA) is 68.7 Å². The molecule has 2 aromatic carbocycles. The number of hydrogen-bond acceptors (Lipinski definition) is 5. The lowest BCUT2D eigenvalue weighted by Gasteiger charge is -2.07. The molecule has 0 saturated heterocycles. The van der Waals surface area contributed by atoms with Crippen molar-refractivity contribution in [2.24, 2.45) is 0 Å². The van der Waals surface area contributed by atoms with Gasteiger partial charge in [0.1, 0.15) is 27.1 Å². The molecule has 0 radical (unpaired) electrons. The molecule has 0 bridgehead atoms. The van der Waals surface area contributed by atoms with Crippen LogP contribution in [0.3, 0.4) is 0 Å². The van der Waals surface area contributed by atoms with E-state index in [4.69, 9.17) is 9.47 Å². The molecule has 0 saturated carbocycles. The summed E-state index contributed by atoms with van der Waals surface area (Å²) in [6.45, 7) is 1.90. The van der Waals surface area contributed by atoms with Crippen molar-refractivity contribution in [3.63, 3.8) is 0 Å². The first kappa shape index (κ1) is 17.0. The highest BCUT2D eigenvalue weighted by atomic mass is 32.1. The third kappa shape index (κ3) is 3.80. The molecular weight excluding hydrogens is 338 g/mol. The SMILES string of the molecule is CCc1nc(-c2ccc(Oc3cccc(OC)c3)cc2)sc1C(=O)O. The highest BCUT2D eigenvalue weighted by molar-refractivity contribution is 7.17. The summed E-state index contributed by atoms with van der Waals surface area (Å²) in [4.78, 5) is 16.0. The summed E-state index contributed by atoms with van der Waals surface area (Å²) in [6.07, 6.45) is 0.592. The molecule has 0 aliphatic carbocycles. The van der Waals surface area contributed by atoms with Crippen molar-refractivity contribution in [2.75, 3.05) is 7.11 Å². The Hall–Kier alpha value is -2.86. The zero-order valence-corrected chi connectivity index (χ0v) is 14.7. The van der Waals surface area contributed by atoms with Gasteiger partial charge >= 0.3 is 5.97 Å². The number of carbonyl (C=O) groups is 1. The lowest BCUT2D eigenvalue weighted by molar-refractivity contribution is 0.0701. The molecule has 5 nitrogen and oxygen atoms in total. The van der Waals surface area contributed by atoms with E-state index in [1.54, 1.807) is 13.2 Å². The molecule has 1 N–H and O–H groups in total. The third-order valence-electron chi connectivity index (χ3n) is 3.60. The smallest absolute Gasteiger partial charge is 0.347 e. The Morgan fingerprint density at radius 1 is 1.12 bits per heavy atom. The Balaban J connectivity index is 1.81. The lowest BCUT2D eigenvalue weighted by atomic mass is 10.2. The van der Waals surface area contributed by atoms with Gasteiger partial charge in [-0.05, 0) is 42.8 Å². The number of aromatic carboxylic acids is 1. The van der Waals surface area contributed by atoms with Crippen molar-refractivity contribution in [3.8, 4) is 27.8 Å². The number of nitrogens with zero attached hydrogens (tertiary/aromatic N) is 1. The summed E-state index contributed by atoms with van der Waals surface area (Å²) in [5, 5.41) is 9.94. The van der Waals surface area contributed by atoms with Crippen LogP contribution in [0.25, 0.3) is 10.6 Å². The Kier molecular flexibility index (Phi) is 5.00. The first-order valence-corrected chi connectivity index (χ1v) is 8.57. The number of ether oxygens (including phenoxy) is 2. The number of rotatable bonds is 6. The molecule has 0 unspecified atom stereocenters. The van der Waals surface area contributed by atoms with Gasteiger partial charge in [0, 0.05) is 11.6 Å². The van der Waals surface area contributed by atoms with Crippen LogP contribution in [0.1, 0.15) is 22.3 Å². The van der Waals surface area contributed by atoms with Crippen molar-refractivity contribution in [2.45, 2.75) is 13.3 Å². The summed E-state index contributed by atoms with van der Waals surface area (Å²) >= 11 is 1.19. The Morgan fingerprint density at radius 2 is 1.84 bits per heavy atom. The maximum Gasteiger partial charge on any atom is 0.347 e. The van der Waals surface area contributed by atoms with E-state index in [1.807, 2.05) is 49.4 Å². The Bertz CT molecular complexity index is 887. The van der Waals surface area contributed by atoms with E-state index in [2.05, 4.69) is 4.98 Å². The molecule has 25 heavy (non-hydrogen) atoms. The fourth-order valence-electron chi connectivity index (χ4n) is 2.35. The number of aromatic nitrogens is 1. The minimum atomic E-state index is -0.932. The standard InChI is InChI=1S/C19H17NO4S/c1-3-16-17(19(21)22)25-18(20-16)12-7-9-13(10-8-12)24-15-6-4-5-14(11-15)23-2/h4-11H,3H2,1-2H3,(H,21,22). The zero-order valence-electron chi connectivity index (χ0n) is 13.9. The van der Waals surface area contributed by atoms with Crippen molar-refractivity contribution < 1.29 is 19.4 Å². The molecular formula is C19H17NO4S. The van der Waals surface area contributed by atoms with Crippen LogP contribution in [0.5, 0.6) is 17.2 Å². The quantitative estimate of drug-likeness (QED) is 0.683. The minimum Gasteiger partial charge on any atom is -0.497 e. The minimum absolute atomic E-state index is 0.300. The van der Waals surface area contributed by atoms with Crippen LogP contribution in [-0.4, -0.2) is 23.2 Å². The van der Waals surface area contributed by atoms with E-state index in [9.17, 15) is 9.90 Å². The molecule has 1 aromatic heterocycles. The third-order valence-corrected chi connectivity index (χ3v) is 4.74. The molecule has 1 heterocycles. The molecule has 6 heteroatoms. The lowest BCUT2D eigenvalue weighted by Crippen LogP contribution is -1.97. The summed E-state index contributed by atoms with van der Waals surface area (Å²) in [5.74, 6) is 1.16. The van der Waals surface area contributed by atoms with E-state index < -0.39 is 5.97 Å². The molecule has 0 atom stereocenters. The monoisotopic (exact) mass is 355 g/mol. The van der Waals surface area contributed by atoms with E-state index in [0.29, 0.717) is 33.5 Å². The maximum atomic E-state index is 11.3. The van der Waals surface area contributed by atoms with Gasteiger partial charge in [0.15, 0.2) is 0 Å². The second-order valence-corrected chi connectivity index (χ2v) is 6.26. The van der Waals surface area contributed by atoms with Crippen molar-refractivity contribution in [1.29, 1.82) is 0 Å². The van der Waals surface area contributed by atoms with Gasteiger partial charge in [-0.15, -0.1) is 11.3 Å². The van der Waals surface area contributed by atoms with Crippen molar-refractivity contribution in [3.05, 3.63) is 59.1 Å². The first-order valence-electron chi connectivity index (χ1n) is 7.76. The van der Waals surface area contributed by atoms with Crippen LogP contribution in [0.2, 0.25) is 0 Å². The predicted octanol–water partition coefficient (Wildman–Crippen LogP) is 4.87. The Labute approximate surface area is 149 Å². The Morgan fingerprint density at radius 3 is 2.44 bits per heavy atom. The number of methoxy groups -OCH3 is 1. The second kappa shape index (κ2) is 7.36. The predicted molar refractivity (Wildman–Crippen MR) is 97.0 cm³/mol. The van der Waals surface area contributed by atoms with Gasteiger partial charge in [-0.3, -0.25) is 0 Å². The highest BCUT2D eigenvalue weighted by Crippen LogP contribution is 2.31. The normalized spacial score (nSPS) is 10.5. The average molecular weight is 355 g/mol. The number of carboxylic acids is 1. The molecule has 0 aliphatic heterocycles. The number of thiazole rings is 1. The largest absolute Gasteiger partial charge is 0.497 e. The van der Waals surface area contributed by atoms with Gasteiger partial charge < -0.3 is 14.6 Å². The van der Waals surface area contributed by atoms with Crippen LogP contribution in [0.4, 0.5) is 0 Å². The van der Waals surface area contributed by atoms with E-state index in [1.165, 1.54) is 11.3 Å². The van der Waals surface area contributed by atoms with Gasteiger partial charge in [0.25, 0.3) is 0 Å². The van der Waals surface area contributed by atoms with E-state index >= 15 is 0 Å². The maximum absolute atomic E-state index is 11.3. The highest BCUT2D eigenvalue weighted by Gasteiger charge is 2.16. The van der Waals surface area contributed by atoms with Crippen LogP contribution < -0.4 is 9.47 Å². The van der Waals surface area contributed by atoms with Crippen LogP contribution in [-0.2, 0) is 6.42 Å².